The van der Waals surface area contributed by atoms with E-state index >= 15 is 0 Å². The summed E-state index contributed by atoms with van der Waals surface area (Å²) in [5.41, 5.74) is 6.38. The number of hydrogen-bond donors (Lipinski definition) is 1. The summed E-state index contributed by atoms with van der Waals surface area (Å²) in [5, 5.41) is 0.323. The number of rotatable bonds is 2. The molecule has 0 spiro atoms. The van der Waals surface area contributed by atoms with Crippen molar-refractivity contribution in [3.63, 3.8) is 0 Å². The summed E-state index contributed by atoms with van der Waals surface area (Å²) in [5.74, 6) is 0.277. The van der Waals surface area contributed by atoms with Crippen molar-refractivity contribution in [1.29, 1.82) is 0 Å². The molecule has 4 heteroatoms. The molecule has 70 valence electrons. The Morgan fingerprint density at radius 3 is 2.62 bits per heavy atom. The number of carbonyl (C=O) groups is 1. The largest absolute Gasteiger partial charge is 0.496 e. The molecule has 0 unspecified atom stereocenters. The lowest BCUT2D eigenvalue weighted by molar-refractivity contribution is 0.101. The molecular formula is C9H10ClNO2. The van der Waals surface area contributed by atoms with Crippen LogP contribution in [0.2, 0.25) is 5.02 Å². The van der Waals surface area contributed by atoms with Gasteiger partial charge in [-0.2, -0.15) is 0 Å². The third-order valence-corrected chi connectivity index (χ3v) is 1.95. The van der Waals surface area contributed by atoms with Crippen molar-refractivity contribution in [2.75, 3.05) is 12.8 Å². The van der Waals surface area contributed by atoms with Crippen LogP contribution in [0.5, 0.6) is 5.75 Å². The highest BCUT2D eigenvalue weighted by molar-refractivity contribution is 6.34. The van der Waals surface area contributed by atoms with E-state index < -0.39 is 0 Å². The zero-order valence-electron chi connectivity index (χ0n) is 7.43. The minimum absolute atomic E-state index is 0.137. The van der Waals surface area contributed by atoms with Gasteiger partial charge in [-0.1, -0.05) is 11.6 Å². The van der Waals surface area contributed by atoms with Crippen molar-refractivity contribution in [2.45, 2.75) is 6.92 Å². The maximum atomic E-state index is 11.2. The lowest BCUT2D eigenvalue weighted by Gasteiger charge is -2.08. The number of carbonyl (C=O) groups excluding carboxylic acids is 1. The van der Waals surface area contributed by atoms with Crippen LogP contribution in [0.3, 0.4) is 0 Å². The van der Waals surface area contributed by atoms with E-state index in [0.717, 1.165) is 0 Å². The highest BCUT2D eigenvalue weighted by Gasteiger charge is 2.13. The number of Topliss-reactive ketones (excluding diaryl/α,β-unsaturated/α-hetero) is 1. The first kappa shape index (κ1) is 9.86. The van der Waals surface area contributed by atoms with Crippen molar-refractivity contribution in [1.82, 2.24) is 0 Å². The fourth-order valence-electron chi connectivity index (χ4n) is 1.10. The third kappa shape index (κ3) is 1.92. The molecule has 0 radical (unpaired) electrons. The van der Waals surface area contributed by atoms with Crippen molar-refractivity contribution in [3.8, 4) is 5.75 Å². The van der Waals surface area contributed by atoms with Crippen LogP contribution in [0.15, 0.2) is 12.1 Å². The number of nitrogen functional groups attached to an aromatic ring is 1. The summed E-state index contributed by atoms with van der Waals surface area (Å²) < 4.78 is 4.98. The lowest BCUT2D eigenvalue weighted by atomic mass is 10.1. The first-order valence-electron chi connectivity index (χ1n) is 3.70. The molecule has 0 bridgehead atoms. The Kier molecular flexibility index (Phi) is 2.78. The van der Waals surface area contributed by atoms with Crippen molar-refractivity contribution in [2.24, 2.45) is 0 Å². The Morgan fingerprint density at radius 1 is 1.54 bits per heavy atom. The Morgan fingerprint density at radius 2 is 2.15 bits per heavy atom. The van der Waals surface area contributed by atoms with Gasteiger partial charge in [0.15, 0.2) is 5.78 Å². The van der Waals surface area contributed by atoms with Gasteiger partial charge in [0.1, 0.15) is 5.75 Å². The summed E-state index contributed by atoms with van der Waals surface area (Å²) in [4.78, 5) is 11.2. The quantitative estimate of drug-likeness (QED) is 0.587. The van der Waals surface area contributed by atoms with Gasteiger partial charge in [0.05, 0.1) is 17.7 Å². The monoisotopic (exact) mass is 199 g/mol. The second kappa shape index (κ2) is 3.66. The van der Waals surface area contributed by atoms with Crippen LogP contribution in [0.1, 0.15) is 17.3 Å². The predicted octanol–water partition coefficient (Wildman–Crippen LogP) is 2.13. The number of hydrogen-bond acceptors (Lipinski definition) is 3. The first-order chi connectivity index (χ1) is 6.06. The lowest BCUT2D eigenvalue weighted by Crippen LogP contribution is -2.00. The molecule has 0 atom stereocenters. The number of ketones is 1. The van der Waals surface area contributed by atoms with Gasteiger partial charge >= 0.3 is 0 Å². The van der Waals surface area contributed by atoms with Gasteiger partial charge < -0.3 is 10.5 Å². The molecule has 1 rings (SSSR count). The molecule has 0 heterocycles. The molecule has 0 aliphatic heterocycles. The maximum Gasteiger partial charge on any atom is 0.165 e. The Hall–Kier alpha value is -1.22. The van der Waals surface area contributed by atoms with Crippen LogP contribution in [-0.4, -0.2) is 12.9 Å². The molecule has 1 aromatic rings. The maximum absolute atomic E-state index is 11.2. The fraction of sp³-hybridized carbons (Fsp3) is 0.222. The van der Waals surface area contributed by atoms with Crippen LogP contribution < -0.4 is 10.5 Å². The number of benzene rings is 1. The second-order valence-electron chi connectivity index (χ2n) is 2.64. The predicted molar refractivity (Wildman–Crippen MR) is 52.4 cm³/mol. The molecule has 2 N–H and O–H groups in total. The molecular weight excluding hydrogens is 190 g/mol. The van der Waals surface area contributed by atoms with Gasteiger partial charge in [-0.25, -0.2) is 0 Å². The van der Waals surface area contributed by atoms with Gasteiger partial charge in [-0.3, -0.25) is 4.79 Å². The van der Waals surface area contributed by atoms with E-state index in [9.17, 15) is 4.79 Å². The molecule has 0 saturated heterocycles. The molecule has 0 saturated carbocycles. The van der Waals surface area contributed by atoms with Crippen LogP contribution in [-0.2, 0) is 0 Å². The molecule has 0 aromatic heterocycles. The average molecular weight is 200 g/mol. The number of nitrogens with two attached hydrogens (primary N) is 1. The highest BCUT2D eigenvalue weighted by atomic mass is 35.5. The minimum Gasteiger partial charge on any atom is -0.496 e. The smallest absolute Gasteiger partial charge is 0.165 e. The topological polar surface area (TPSA) is 52.3 Å². The van der Waals surface area contributed by atoms with E-state index in [2.05, 4.69) is 0 Å². The summed E-state index contributed by atoms with van der Waals surface area (Å²) >= 11 is 5.83. The standard InChI is InChI=1S/C9H10ClNO2/c1-5(12)9-7(10)3-6(11)4-8(9)13-2/h3-4H,11H2,1-2H3. The van der Waals surface area contributed by atoms with Gasteiger partial charge in [0.25, 0.3) is 0 Å². The Bertz CT molecular complexity index is 350. The summed E-state index contributed by atoms with van der Waals surface area (Å²) in [6.07, 6.45) is 0. The van der Waals surface area contributed by atoms with Gasteiger partial charge in [-0.05, 0) is 13.0 Å². The summed E-state index contributed by atoms with van der Waals surface area (Å²) in [6, 6.07) is 3.10. The average Bonchev–Trinajstić information content (AvgIpc) is 2.01. The second-order valence-corrected chi connectivity index (χ2v) is 3.04. The fourth-order valence-corrected chi connectivity index (χ4v) is 1.46. The number of ether oxygens (including phenoxy) is 1. The van der Waals surface area contributed by atoms with Crippen LogP contribution >= 0.6 is 11.6 Å². The number of anilines is 1. The van der Waals surface area contributed by atoms with Crippen molar-refractivity contribution >= 4 is 23.1 Å². The van der Waals surface area contributed by atoms with Crippen LogP contribution in [0.25, 0.3) is 0 Å². The first-order valence-corrected chi connectivity index (χ1v) is 4.08. The Balaban J connectivity index is 3.38. The molecule has 0 aliphatic rings. The van der Waals surface area contributed by atoms with Gasteiger partial charge in [0, 0.05) is 11.8 Å². The van der Waals surface area contributed by atoms with E-state index in [1.54, 1.807) is 6.07 Å². The number of halogens is 1. The number of methoxy groups -OCH3 is 1. The normalized spacial score (nSPS) is 9.77. The summed E-state index contributed by atoms with van der Waals surface area (Å²) in [7, 11) is 1.47. The van der Waals surface area contributed by atoms with Crippen LogP contribution in [0, 0.1) is 0 Å². The SMILES string of the molecule is COc1cc(N)cc(Cl)c1C(C)=O. The zero-order valence-corrected chi connectivity index (χ0v) is 8.18. The van der Waals surface area contributed by atoms with Gasteiger partial charge in [0.2, 0.25) is 0 Å². The van der Waals surface area contributed by atoms with E-state index in [-0.39, 0.29) is 5.78 Å². The third-order valence-electron chi connectivity index (χ3n) is 1.65. The van der Waals surface area contributed by atoms with E-state index in [1.807, 2.05) is 0 Å². The Labute approximate surface area is 81.4 Å². The molecule has 3 nitrogen and oxygen atoms in total. The molecule has 0 amide bonds. The minimum atomic E-state index is -0.137. The van der Waals surface area contributed by atoms with Crippen molar-refractivity contribution < 1.29 is 9.53 Å². The van der Waals surface area contributed by atoms with E-state index in [4.69, 9.17) is 22.1 Å². The zero-order chi connectivity index (χ0) is 10.0. The summed E-state index contributed by atoms with van der Waals surface area (Å²) in [6.45, 7) is 1.43. The van der Waals surface area contributed by atoms with Crippen molar-refractivity contribution in [3.05, 3.63) is 22.7 Å². The molecule has 13 heavy (non-hydrogen) atoms. The van der Waals surface area contributed by atoms with Crippen LogP contribution in [0.4, 0.5) is 5.69 Å². The van der Waals surface area contributed by atoms with E-state index in [1.165, 1.54) is 20.1 Å². The molecule has 0 aliphatic carbocycles. The molecule has 1 aromatic carbocycles. The highest BCUT2D eigenvalue weighted by Crippen LogP contribution is 2.29. The van der Waals surface area contributed by atoms with E-state index in [0.29, 0.717) is 22.0 Å². The molecule has 0 fully saturated rings. The van der Waals surface area contributed by atoms with Gasteiger partial charge in [-0.15, -0.1) is 0 Å².